The highest BCUT2D eigenvalue weighted by Crippen LogP contribution is 2.30. The van der Waals surface area contributed by atoms with E-state index in [4.69, 9.17) is 20.9 Å². The summed E-state index contributed by atoms with van der Waals surface area (Å²) >= 11 is 0. The molecule has 1 rings (SSSR count). The SMILES string of the molecule is COc1cccc(C=NN=C(N)N)c1OCCN(C)C. The first-order valence-electron chi connectivity index (χ1n) is 6.11. The smallest absolute Gasteiger partial charge is 0.211 e. The number of rotatable bonds is 7. The van der Waals surface area contributed by atoms with Crippen LogP contribution in [0.25, 0.3) is 0 Å². The molecule has 20 heavy (non-hydrogen) atoms. The summed E-state index contributed by atoms with van der Waals surface area (Å²) in [5.41, 5.74) is 11.2. The van der Waals surface area contributed by atoms with Crippen LogP contribution in [0, 0.1) is 0 Å². The third kappa shape index (κ3) is 5.15. The topological polar surface area (TPSA) is 98.5 Å². The van der Waals surface area contributed by atoms with Gasteiger partial charge in [0.1, 0.15) is 6.61 Å². The van der Waals surface area contributed by atoms with E-state index in [1.54, 1.807) is 7.11 Å². The van der Waals surface area contributed by atoms with E-state index in [2.05, 4.69) is 10.2 Å². The van der Waals surface area contributed by atoms with Gasteiger partial charge in [-0.2, -0.15) is 5.10 Å². The molecule has 0 atom stereocenters. The van der Waals surface area contributed by atoms with E-state index in [-0.39, 0.29) is 5.96 Å². The minimum absolute atomic E-state index is 0.0979. The Bertz CT molecular complexity index is 482. The van der Waals surface area contributed by atoms with Crippen molar-refractivity contribution < 1.29 is 9.47 Å². The minimum atomic E-state index is -0.0979. The number of ether oxygens (including phenoxy) is 2. The summed E-state index contributed by atoms with van der Waals surface area (Å²) in [5, 5.41) is 7.35. The van der Waals surface area contributed by atoms with Gasteiger partial charge in [0, 0.05) is 12.1 Å². The molecule has 0 radical (unpaired) electrons. The minimum Gasteiger partial charge on any atom is -0.493 e. The number of hydrogen-bond donors (Lipinski definition) is 2. The van der Waals surface area contributed by atoms with Crippen LogP contribution in [0.2, 0.25) is 0 Å². The lowest BCUT2D eigenvalue weighted by atomic mass is 10.2. The molecule has 0 saturated heterocycles. The van der Waals surface area contributed by atoms with E-state index in [1.807, 2.05) is 37.2 Å². The van der Waals surface area contributed by atoms with E-state index < -0.39 is 0 Å². The molecule has 1 aromatic rings. The maximum Gasteiger partial charge on any atom is 0.211 e. The van der Waals surface area contributed by atoms with Crippen LogP contribution in [0.5, 0.6) is 11.5 Å². The Hall–Kier alpha value is -2.28. The third-order valence-corrected chi connectivity index (χ3v) is 2.38. The molecule has 4 N–H and O–H groups in total. The van der Waals surface area contributed by atoms with Crippen molar-refractivity contribution >= 4 is 12.2 Å². The molecule has 0 aliphatic heterocycles. The predicted molar refractivity (Wildman–Crippen MR) is 80.4 cm³/mol. The molecule has 0 aliphatic carbocycles. The molecule has 0 unspecified atom stereocenters. The van der Waals surface area contributed by atoms with E-state index in [0.717, 1.165) is 12.1 Å². The van der Waals surface area contributed by atoms with Gasteiger partial charge in [-0.25, -0.2) is 0 Å². The molecule has 0 aromatic heterocycles. The number of nitrogens with two attached hydrogens (primary N) is 2. The summed E-state index contributed by atoms with van der Waals surface area (Å²) in [6.45, 7) is 1.33. The highest BCUT2D eigenvalue weighted by Gasteiger charge is 2.09. The molecule has 0 saturated carbocycles. The number of methoxy groups -OCH3 is 1. The quantitative estimate of drug-likeness (QED) is 0.423. The Balaban J connectivity index is 2.92. The zero-order valence-electron chi connectivity index (χ0n) is 12.0. The van der Waals surface area contributed by atoms with Crippen molar-refractivity contribution in [3.63, 3.8) is 0 Å². The van der Waals surface area contributed by atoms with Crippen molar-refractivity contribution in [1.82, 2.24) is 4.90 Å². The Morgan fingerprint density at radius 1 is 1.35 bits per heavy atom. The first-order valence-corrected chi connectivity index (χ1v) is 6.11. The summed E-state index contributed by atoms with van der Waals surface area (Å²) in [6, 6.07) is 5.51. The molecule has 0 amide bonds. The number of nitrogens with zero attached hydrogens (tertiary/aromatic N) is 3. The van der Waals surface area contributed by atoms with Gasteiger partial charge < -0.3 is 25.8 Å². The van der Waals surface area contributed by atoms with Gasteiger partial charge >= 0.3 is 0 Å². The number of para-hydroxylation sites is 1. The van der Waals surface area contributed by atoms with E-state index in [1.165, 1.54) is 6.21 Å². The standard InChI is InChI=1S/C13H21N5O2/c1-18(2)7-8-20-12-10(9-16-17-13(14)15)5-4-6-11(12)19-3/h4-6,9H,7-8H2,1-3H3,(H4,14,15,17). The van der Waals surface area contributed by atoms with Gasteiger partial charge in [0.05, 0.1) is 13.3 Å². The van der Waals surface area contributed by atoms with E-state index in [0.29, 0.717) is 18.1 Å². The zero-order valence-corrected chi connectivity index (χ0v) is 12.0. The van der Waals surface area contributed by atoms with E-state index >= 15 is 0 Å². The second-order valence-corrected chi connectivity index (χ2v) is 4.30. The van der Waals surface area contributed by atoms with Gasteiger partial charge in [-0.1, -0.05) is 6.07 Å². The van der Waals surface area contributed by atoms with Crippen molar-refractivity contribution in [1.29, 1.82) is 0 Å². The van der Waals surface area contributed by atoms with Crippen LogP contribution >= 0.6 is 0 Å². The average Bonchev–Trinajstić information content (AvgIpc) is 2.39. The Labute approximate surface area is 118 Å². The highest BCUT2D eigenvalue weighted by molar-refractivity contribution is 5.86. The summed E-state index contributed by atoms with van der Waals surface area (Å²) in [4.78, 5) is 2.03. The van der Waals surface area contributed by atoms with Gasteiger partial charge in [-0.15, -0.1) is 5.10 Å². The van der Waals surface area contributed by atoms with Gasteiger partial charge in [-0.3, -0.25) is 0 Å². The van der Waals surface area contributed by atoms with Crippen LogP contribution in [-0.4, -0.2) is 51.4 Å². The van der Waals surface area contributed by atoms with E-state index in [9.17, 15) is 0 Å². The van der Waals surface area contributed by atoms with Crippen LogP contribution in [0.1, 0.15) is 5.56 Å². The van der Waals surface area contributed by atoms with Crippen LogP contribution in [-0.2, 0) is 0 Å². The van der Waals surface area contributed by atoms with Gasteiger partial charge in [0.2, 0.25) is 5.96 Å². The fourth-order valence-electron chi connectivity index (χ4n) is 1.44. The first-order chi connectivity index (χ1) is 9.54. The largest absolute Gasteiger partial charge is 0.493 e. The van der Waals surface area contributed by atoms with Crippen LogP contribution < -0.4 is 20.9 Å². The fourth-order valence-corrected chi connectivity index (χ4v) is 1.44. The van der Waals surface area contributed by atoms with Crippen molar-refractivity contribution in [3.05, 3.63) is 23.8 Å². The van der Waals surface area contributed by atoms with Crippen LogP contribution in [0.3, 0.4) is 0 Å². The molecule has 110 valence electrons. The highest BCUT2D eigenvalue weighted by atomic mass is 16.5. The van der Waals surface area contributed by atoms with Gasteiger partial charge in [0.25, 0.3) is 0 Å². The maximum absolute atomic E-state index is 5.76. The molecule has 0 heterocycles. The lowest BCUT2D eigenvalue weighted by Gasteiger charge is -2.15. The average molecular weight is 279 g/mol. The maximum atomic E-state index is 5.76. The van der Waals surface area contributed by atoms with Gasteiger partial charge in [0.15, 0.2) is 11.5 Å². The van der Waals surface area contributed by atoms with Crippen molar-refractivity contribution in [2.24, 2.45) is 21.7 Å². The Kier molecular flexibility index (Phi) is 6.31. The molecule has 7 heteroatoms. The molecular formula is C13H21N5O2. The third-order valence-electron chi connectivity index (χ3n) is 2.38. The summed E-state index contributed by atoms with van der Waals surface area (Å²) in [6.07, 6.45) is 1.52. The molecule has 0 fully saturated rings. The molecule has 1 aromatic carbocycles. The molecule has 0 spiro atoms. The number of likely N-dealkylation sites (N-methyl/N-ethyl adjacent to an activating group) is 1. The van der Waals surface area contributed by atoms with Crippen LogP contribution in [0.15, 0.2) is 28.4 Å². The normalized spacial score (nSPS) is 10.8. The molecular weight excluding hydrogens is 258 g/mol. The molecule has 7 nitrogen and oxygen atoms in total. The second-order valence-electron chi connectivity index (χ2n) is 4.30. The van der Waals surface area contributed by atoms with Gasteiger partial charge in [-0.05, 0) is 26.2 Å². The second kappa shape index (κ2) is 8.00. The Morgan fingerprint density at radius 2 is 2.10 bits per heavy atom. The zero-order chi connectivity index (χ0) is 15.0. The Morgan fingerprint density at radius 3 is 2.70 bits per heavy atom. The summed E-state index contributed by atoms with van der Waals surface area (Å²) in [5.74, 6) is 1.16. The number of hydrogen-bond acceptors (Lipinski definition) is 5. The number of guanidine groups is 1. The van der Waals surface area contributed by atoms with Crippen molar-refractivity contribution in [2.45, 2.75) is 0 Å². The summed E-state index contributed by atoms with van der Waals surface area (Å²) < 4.78 is 11.0. The summed E-state index contributed by atoms with van der Waals surface area (Å²) in [7, 11) is 5.55. The van der Waals surface area contributed by atoms with Crippen molar-refractivity contribution in [2.75, 3.05) is 34.4 Å². The number of benzene rings is 1. The molecule has 0 bridgehead atoms. The fraction of sp³-hybridized carbons (Fsp3) is 0.385. The monoisotopic (exact) mass is 279 g/mol. The predicted octanol–water partition coefficient (Wildman–Crippen LogP) is 0.243. The molecule has 0 aliphatic rings. The first kappa shape index (κ1) is 15.8. The lowest BCUT2D eigenvalue weighted by Crippen LogP contribution is -2.21. The van der Waals surface area contributed by atoms with Crippen molar-refractivity contribution in [3.8, 4) is 11.5 Å². The van der Waals surface area contributed by atoms with Crippen LogP contribution in [0.4, 0.5) is 0 Å². The lowest BCUT2D eigenvalue weighted by molar-refractivity contribution is 0.250.